The summed E-state index contributed by atoms with van der Waals surface area (Å²) in [6.45, 7) is 0. The monoisotopic (exact) mass is 185 g/mol. The number of benzene rings is 1. The molecule has 1 aliphatic carbocycles. The third kappa shape index (κ3) is 0.882. The molecule has 1 aliphatic rings. The van der Waals surface area contributed by atoms with Gasteiger partial charge in [-0.15, -0.1) is 0 Å². The van der Waals surface area contributed by atoms with E-state index >= 15 is 0 Å². The Morgan fingerprint density at radius 3 is 2.79 bits per heavy atom. The highest BCUT2D eigenvalue weighted by molar-refractivity contribution is 5.89. The summed E-state index contributed by atoms with van der Waals surface area (Å²) in [5, 5.41) is 1.19. The molecule has 0 saturated heterocycles. The zero-order valence-corrected chi connectivity index (χ0v) is 7.79. The largest absolute Gasteiger partial charge is 0.361 e. The quantitative estimate of drug-likeness (QED) is 0.716. The molecule has 1 aromatic heterocycles. The van der Waals surface area contributed by atoms with E-state index < -0.39 is 0 Å². The summed E-state index contributed by atoms with van der Waals surface area (Å²) in [6.07, 6.45) is 5.07. The average Bonchev–Trinajstić information content (AvgIpc) is 2.91. The molecule has 0 spiro atoms. The summed E-state index contributed by atoms with van der Waals surface area (Å²) in [5.74, 6) is 0. The molecule has 0 radical (unpaired) electrons. The van der Waals surface area contributed by atoms with E-state index in [9.17, 15) is 4.79 Å². The Hall–Kier alpha value is -1.57. The van der Waals surface area contributed by atoms with E-state index in [4.69, 9.17) is 0 Å². The zero-order chi connectivity index (χ0) is 9.60. The van der Waals surface area contributed by atoms with Gasteiger partial charge in [0.05, 0.1) is 5.41 Å². The van der Waals surface area contributed by atoms with Crippen molar-refractivity contribution in [3.63, 3.8) is 0 Å². The van der Waals surface area contributed by atoms with Gasteiger partial charge in [-0.05, 0) is 24.5 Å². The van der Waals surface area contributed by atoms with Gasteiger partial charge >= 0.3 is 0 Å². The zero-order valence-electron chi connectivity index (χ0n) is 7.79. The average molecular weight is 185 g/mol. The second-order valence-corrected chi connectivity index (χ2v) is 4.02. The van der Waals surface area contributed by atoms with Gasteiger partial charge in [-0.2, -0.15) is 0 Å². The van der Waals surface area contributed by atoms with Gasteiger partial charge in [0.15, 0.2) is 0 Å². The molecular formula is C12H11NO. The second kappa shape index (κ2) is 2.47. The first-order chi connectivity index (χ1) is 6.86. The van der Waals surface area contributed by atoms with E-state index in [1.165, 1.54) is 10.9 Å². The molecule has 2 heteroatoms. The number of H-pyrrole nitrogens is 1. The molecule has 0 unspecified atom stereocenters. The number of aromatic amines is 1. The predicted octanol–water partition coefficient (Wildman–Crippen LogP) is 2.40. The van der Waals surface area contributed by atoms with E-state index in [1.807, 2.05) is 24.4 Å². The molecule has 0 bridgehead atoms. The van der Waals surface area contributed by atoms with Crippen molar-refractivity contribution in [3.05, 3.63) is 36.0 Å². The van der Waals surface area contributed by atoms with E-state index in [2.05, 4.69) is 11.1 Å². The highest BCUT2D eigenvalue weighted by Crippen LogP contribution is 2.48. The SMILES string of the molecule is O=CC1(c2c[nH]c3ccccc23)CC1. The van der Waals surface area contributed by atoms with Crippen LogP contribution in [0.15, 0.2) is 30.5 Å². The lowest BCUT2D eigenvalue weighted by Gasteiger charge is -2.03. The van der Waals surface area contributed by atoms with Crippen LogP contribution in [0, 0.1) is 0 Å². The number of aldehydes is 1. The molecule has 0 amide bonds. The highest BCUT2D eigenvalue weighted by Gasteiger charge is 2.45. The third-order valence-corrected chi connectivity index (χ3v) is 3.14. The van der Waals surface area contributed by atoms with Crippen LogP contribution in [0.3, 0.4) is 0 Å². The Morgan fingerprint density at radius 1 is 1.29 bits per heavy atom. The fraction of sp³-hybridized carbons (Fsp3) is 0.250. The highest BCUT2D eigenvalue weighted by atomic mass is 16.1. The standard InChI is InChI=1S/C12H11NO/c14-8-12(5-6-12)10-7-13-11-4-2-1-3-9(10)11/h1-4,7-8,13H,5-6H2. The van der Waals surface area contributed by atoms with Gasteiger partial charge in [-0.3, -0.25) is 0 Å². The van der Waals surface area contributed by atoms with E-state index in [0.29, 0.717) is 0 Å². The number of aromatic nitrogens is 1. The van der Waals surface area contributed by atoms with Crippen molar-refractivity contribution in [1.29, 1.82) is 0 Å². The minimum atomic E-state index is -0.167. The van der Waals surface area contributed by atoms with E-state index in [-0.39, 0.29) is 5.41 Å². The van der Waals surface area contributed by atoms with Gasteiger partial charge in [0.25, 0.3) is 0 Å². The summed E-state index contributed by atoms with van der Waals surface area (Å²) >= 11 is 0. The van der Waals surface area contributed by atoms with Crippen LogP contribution in [0.1, 0.15) is 18.4 Å². The van der Waals surface area contributed by atoms with Crippen LogP contribution >= 0.6 is 0 Å². The fourth-order valence-electron chi connectivity index (χ4n) is 2.07. The van der Waals surface area contributed by atoms with Crippen LogP contribution < -0.4 is 0 Å². The van der Waals surface area contributed by atoms with Gasteiger partial charge in [-0.1, -0.05) is 18.2 Å². The van der Waals surface area contributed by atoms with Crippen LogP contribution in [0.2, 0.25) is 0 Å². The first-order valence-electron chi connectivity index (χ1n) is 4.89. The maximum Gasteiger partial charge on any atom is 0.130 e. The summed E-state index contributed by atoms with van der Waals surface area (Å²) in [5.41, 5.74) is 2.12. The van der Waals surface area contributed by atoms with Crippen molar-refractivity contribution < 1.29 is 4.79 Å². The molecule has 3 rings (SSSR count). The van der Waals surface area contributed by atoms with Crippen LogP contribution in [0.5, 0.6) is 0 Å². The minimum Gasteiger partial charge on any atom is -0.361 e. The van der Waals surface area contributed by atoms with Crippen LogP contribution in [0.25, 0.3) is 10.9 Å². The number of hydrogen-bond donors (Lipinski definition) is 1. The smallest absolute Gasteiger partial charge is 0.130 e. The molecule has 14 heavy (non-hydrogen) atoms. The number of para-hydroxylation sites is 1. The summed E-state index contributed by atoms with van der Waals surface area (Å²) in [7, 11) is 0. The lowest BCUT2D eigenvalue weighted by atomic mass is 9.97. The number of carbonyl (C=O) groups excluding carboxylic acids is 1. The number of carbonyl (C=O) groups is 1. The molecule has 1 heterocycles. The molecule has 1 N–H and O–H groups in total. The maximum atomic E-state index is 11.0. The topological polar surface area (TPSA) is 32.9 Å². The number of rotatable bonds is 2. The fourth-order valence-corrected chi connectivity index (χ4v) is 2.07. The van der Waals surface area contributed by atoms with Crippen molar-refractivity contribution in [2.75, 3.05) is 0 Å². The number of hydrogen-bond acceptors (Lipinski definition) is 1. The van der Waals surface area contributed by atoms with E-state index in [0.717, 1.165) is 24.6 Å². The molecule has 0 aliphatic heterocycles. The Kier molecular flexibility index (Phi) is 1.38. The van der Waals surface area contributed by atoms with Crippen LogP contribution in [0.4, 0.5) is 0 Å². The van der Waals surface area contributed by atoms with Crippen molar-refractivity contribution >= 4 is 17.2 Å². The molecule has 0 atom stereocenters. The van der Waals surface area contributed by atoms with Crippen molar-refractivity contribution in [2.24, 2.45) is 0 Å². The molecule has 1 aromatic carbocycles. The molecule has 2 aromatic rings. The Morgan fingerprint density at radius 2 is 2.07 bits per heavy atom. The van der Waals surface area contributed by atoms with Gasteiger partial charge in [0, 0.05) is 17.1 Å². The molecule has 70 valence electrons. The lowest BCUT2D eigenvalue weighted by molar-refractivity contribution is -0.109. The summed E-state index contributed by atoms with van der Waals surface area (Å²) in [4.78, 5) is 14.2. The van der Waals surface area contributed by atoms with Crippen LogP contribution in [-0.2, 0) is 10.2 Å². The van der Waals surface area contributed by atoms with Crippen LogP contribution in [-0.4, -0.2) is 11.3 Å². The molecular weight excluding hydrogens is 174 g/mol. The molecule has 1 saturated carbocycles. The van der Waals surface area contributed by atoms with Gasteiger partial charge in [0.1, 0.15) is 6.29 Å². The van der Waals surface area contributed by atoms with Gasteiger partial charge < -0.3 is 9.78 Å². The third-order valence-electron chi connectivity index (χ3n) is 3.14. The minimum absolute atomic E-state index is 0.167. The second-order valence-electron chi connectivity index (χ2n) is 4.02. The van der Waals surface area contributed by atoms with Gasteiger partial charge in [0.2, 0.25) is 0 Å². The maximum absolute atomic E-state index is 11.0. The summed E-state index contributed by atoms with van der Waals surface area (Å²) in [6, 6.07) is 8.13. The number of fused-ring (bicyclic) bond motifs is 1. The summed E-state index contributed by atoms with van der Waals surface area (Å²) < 4.78 is 0. The Bertz CT molecular complexity index is 494. The Balaban J connectivity index is 2.27. The van der Waals surface area contributed by atoms with Gasteiger partial charge in [-0.25, -0.2) is 0 Å². The predicted molar refractivity (Wildman–Crippen MR) is 55.3 cm³/mol. The van der Waals surface area contributed by atoms with Crippen molar-refractivity contribution in [1.82, 2.24) is 4.98 Å². The van der Waals surface area contributed by atoms with Crippen molar-refractivity contribution in [2.45, 2.75) is 18.3 Å². The lowest BCUT2D eigenvalue weighted by Crippen LogP contribution is -2.06. The first-order valence-corrected chi connectivity index (χ1v) is 4.89. The number of nitrogens with one attached hydrogen (secondary N) is 1. The normalized spacial score (nSPS) is 18.3. The Labute approximate surface area is 81.9 Å². The van der Waals surface area contributed by atoms with Crippen molar-refractivity contribution in [3.8, 4) is 0 Å². The molecule has 1 fully saturated rings. The molecule has 2 nitrogen and oxygen atoms in total. The van der Waals surface area contributed by atoms with E-state index in [1.54, 1.807) is 0 Å². The first kappa shape index (κ1) is 7.80.